The maximum absolute atomic E-state index is 5.31. The third kappa shape index (κ3) is 10.3. The first-order valence-corrected chi connectivity index (χ1v) is 8.86. The molecule has 116 valence electrons. The van der Waals surface area contributed by atoms with Crippen molar-refractivity contribution in [2.24, 2.45) is 0 Å². The summed E-state index contributed by atoms with van der Waals surface area (Å²) in [7, 11) is 0. The molecule has 0 aromatic rings. The minimum Gasteiger partial charge on any atom is -0.369 e. The van der Waals surface area contributed by atoms with Crippen LogP contribution < -0.4 is 0 Å². The second kappa shape index (κ2) is 11.2. The molecule has 0 aliphatic carbocycles. The van der Waals surface area contributed by atoms with Gasteiger partial charge in [-0.3, -0.25) is 0 Å². The summed E-state index contributed by atoms with van der Waals surface area (Å²) in [6.45, 7) is 5.33. The van der Waals surface area contributed by atoms with Crippen LogP contribution in [0.15, 0.2) is 0 Å². The van der Waals surface area contributed by atoms with Crippen LogP contribution in [0.2, 0.25) is 0 Å². The molecular weight excluding hydrogens is 244 g/mol. The first-order chi connectivity index (χ1) is 9.77. The summed E-state index contributed by atoms with van der Waals surface area (Å²) >= 11 is 0. The van der Waals surface area contributed by atoms with Gasteiger partial charge in [0.15, 0.2) is 0 Å². The molecule has 1 heteroatoms. The second-order valence-electron chi connectivity index (χ2n) is 6.55. The predicted octanol–water partition coefficient (Wildman–Crippen LogP) is 5.87. The standard InChI is InChI=1S/C19H34O/c1-3-4-5-6-7-8-9-10-11-12-13-14-15-16-17-19(2)18-20-19/h3-14,17-18H2,1-2H3. The van der Waals surface area contributed by atoms with Crippen LogP contribution in [0.3, 0.4) is 0 Å². The van der Waals surface area contributed by atoms with Crippen molar-refractivity contribution in [3.63, 3.8) is 0 Å². The second-order valence-corrected chi connectivity index (χ2v) is 6.55. The number of rotatable bonds is 12. The molecule has 1 rings (SSSR count). The van der Waals surface area contributed by atoms with Gasteiger partial charge in [0.1, 0.15) is 0 Å². The van der Waals surface area contributed by atoms with Crippen molar-refractivity contribution in [2.75, 3.05) is 6.61 Å². The molecule has 1 saturated heterocycles. The van der Waals surface area contributed by atoms with Crippen LogP contribution in [0.25, 0.3) is 0 Å². The lowest BCUT2D eigenvalue weighted by atomic mass is 10.1. The van der Waals surface area contributed by atoms with Gasteiger partial charge in [-0.05, 0) is 13.3 Å². The molecule has 0 bridgehead atoms. The fourth-order valence-electron chi connectivity index (χ4n) is 2.44. The summed E-state index contributed by atoms with van der Waals surface area (Å²) in [5, 5.41) is 0. The summed E-state index contributed by atoms with van der Waals surface area (Å²) in [6, 6.07) is 0. The van der Waals surface area contributed by atoms with Crippen molar-refractivity contribution < 1.29 is 4.74 Å². The van der Waals surface area contributed by atoms with Gasteiger partial charge in [-0.2, -0.15) is 0 Å². The smallest absolute Gasteiger partial charge is 0.0997 e. The first kappa shape index (κ1) is 17.6. The van der Waals surface area contributed by atoms with Gasteiger partial charge in [0.25, 0.3) is 0 Å². The Kier molecular flexibility index (Phi) is 9.85. The highest BCUT2D eigenvalue weighted by Gasteiger charge is 2.37. The molecule has 1 aliphatic heterocycles. The minimum absolute atomic E-state index is 0.115. The molecule has 0 aromatic heterocycles. The molecule has 0 radical (unpaired) electrons. The molecule has 0 saturated carbocycles. The van der Waals surface area contributed by atoms with Crippen LogP contribution in [0, 0.1) is 11.8 Å². The van der Waals surface area contributed by atoms with Crippen molar-refractivity contribution in [3.8, 4) is 11.8 Å². The number of epoxide rings is 1. The van der Waals surface area contributed by atoms with E-state index in [-0.39, 0.29) is 5.60 Å². The molecule has 0 N–H and O–H groups in total. The quantitative estimate of drug-likeness (QED) is 0.247. The Morgan fingerprint density at radius 2 is 1.30 bits per heavy atom. The van der Waals surface area contributed by atoms with E-state index in [1.165, 1.54) is 70.6 Å². The molecule has 1 fully saturated rings. The van der Waals surface area contributed by atoms with E-state index >= 15 is 0 Å². The summed E-state index contributed by atoms with van der Waals surface area (Å²) in [5.74, 6) is 6.53. The van der Waals surface area contributed by atoms with Gasteiger partial charge >= 0.3 is 0 Å². The van der Waals surface area contributed by atoms with Gasteiger partial charge < -0.3 is 4.74 Å². The monoisotopic (exact) mass is 278 g/mol. The number of hydrogen-bond acceptors (Lipinski definition) is 1. The zero-order valence-electron chi connectivity index (χ0n) is 13.8. The summed E-state index contributed by atoms with van der Waals surface area (Å²) < 4.78 is 5.31. The molecule has 0 spiro atoms. The Morgan fingerprint density at radius 1 is 0.800 bits per heavy atom. The van der Waals surface area contributed by atoms with Crippen molar-refractivity contribution in [1.82, 2.24) is 0 Å². The van der Waals surface area contributed by atoms with Crippen LogP contribution in [0.1, 0.15) is 97.3 Å². The Bertz CT molecular complexity index is 280. The van der Waals surface area contributed by atoms with Crippen molar-refractivity contribution >= 4 is 0 Å². The van der Waals surface area contributed by atoms with Crippen molar-refractivity contribution in [3.05, 3.63) is 0 Å². The molecule has 1 unspecified atom stereocenters. The topological polar surface area (TPSA) is 12.5 Å². The largest absolute Gasteiger partial charge is 0.369 e. The Balaban J connectivity index is 1.72. The number of unbranched alkanes of at least 4 members (excludes halogenated alkanes) is 11. The van der Waals surface area contributed by atoms with Crippen LogP contribution in [0.5, 0.6) is 0 Å². The predicted molar refractivity (Wildman–Crippen MR) is 87.8 cm³/mol. The van der Waals surface area contributed by atoms with Gasteiger partial charge in [-0.25, -0.2) is 0 Å². The van der Waals surface area contributed by atoms with E-state index in [0.717, 1.165) is 19.4 Å². The van der Waals surface area contributed by atoms with Crippen LogP contribution in [0.4, 0.5) is 0 Å². The van der Waals surface area contributed by atoms with E-state index in [1.807, 2.05) is 0 Å². The lowest BCUT2D eigenvalue weighted by molar-refractivity contribution is 0.328. The highest BCUT2D eigenvalue weighted by atomic mass is 16.6. The third-order valence-electron chi connectivity index (χ3n) is 4.13. The molecule has 1 aliphatic rings. The maximum Gasteiger partial charge on any atom is 0.0997 e. The maximum atomic E-state index is 5.31. The van der Waals surface area contributed by atoms with E-state index in [4.69, 9.17) is 4.74 Å². The lowest BCUT2D eigenvalue weighted by Crippen LogP contribution is -2.00. The molecular formula is C19H34O. The molecule has 1 heterocycles. The highest BCUT2D eigenvalue weighted by molar-refractivity contribution is 5.06. The van der Waals surface area contributed by atoms with Gasteiger partial charge in [0.05, 0.1) is 12.2 Å². The van der Waals surface area contributed by atoms with Gasteiger partial charge in [0, 0.05) is 12.8 Å². The Labute approximate surface area is 126 Å². The average molecular weight is 278 g/mol. The Morgan fingerprint density at radius 3 is 1.80 bits per heavy atom. The average Bonchev–Trinajstić information content (AvgIpc) is 3.17. The fourth-order valence-corrected chi connectivity index (χ4v) is 2.44. The molecule has 0 aromatic carbocycles. The number of ether oxygens (including phenoxy) is 1. The summed E-state index contributed by atoms with van der Waals surface area (Å²) in [5.41, 5.74) is 0.115. The molecule has 1 nitrogen and oxygen atoms in total. The van der Waals surface area contributed by atoms with Gasteiger partial charge in [0.2, 0.25) is 0 Å². The van der Waals surface area contributed by atoms with E-state index in [2.05, 4.69) is 25.7 Å². The van der Waals surface area contributed by atoms with Gasteiger partial charge in [-0.1, -0.05) is 71.1 Å². The van der Waals surface area contributed by atoms with E-state index in [0.29, 0.717) is 0 Å². The van der Waals surface area contributed by atoms with E-state index < -0.39 is 0 Å². The van der Waals surface area contributed by atoms with Crippen LogP contribution >= 0.6 is 0 Å². The normalized spacial score (nSPS) is 20.5. The Hall–Kier alpha value is -0.480. The SMILES string of the molecule is CCCCCCCCCCCCCC#CCC1(C)CO1. The number of hydrogen-bond donors (Lipinski definition) is 0. The molecule has 1 atom stereocenters. The summed E-state index contributed by atoms with van der Waals surface area (Å²) in [6.07, 6.45) is 17.5. The van der Waals surface area contributed by atoms with Crippen LogP contribution in [-0.2, 0) is 4.74 Å². The summed E-state index contributed by atoms with van der Waals surface area (Å²) in [4.78, 5) is 0. The van der Waals surface area contributed by atoms with Crippen molar-refractivity contribution in [2.45, 2.75) is 103 Å². The molecule has 20 heavy (non-hydrogen) atoms. The third-order valence-corrected chi connectivity index (χ3v) is 4.13. The fraction of sp³-hybridized carbons (Fsp3) is 0.895. The van der Waals surface area contributed by atoms with Gasteiger partial charge in [-0.15, -0.1) is 11.8 Å². The van der Waals surface area contributed by atoms with E-state index in [9.17, 15) is 0 Å². The zero-order valence-corrected chi connectivity index (χ0v) is 13.8. The molecule has 0 amide bonds. The highest BCUT2D eigenvalue weighted by Crippen LogP contribution is 2.28. The lowest BCUT2D eigenvalue weighted by Gasteiger charge is -2.01. The first-order valence-electron chi connectivity index (χ1n) is 8.86. The minimum atomic E-state index is 0.115. The zero-order chi connectivity index (χ0) is 14.5. The van der Waals surface area contributed by atoms with E-state index in [1.54, 1.807) is 0 Å². The van der Waals surface area contributed by atoms with Crippen LogP contribution in [-0.4, -0.2) is 12.2 Å². The van der Waals surface area contributed by atoms with Crippen molar-refractivity contribution in [1.29, 1.82) is 0 Å².